The minimum atomic E-state index is -0.181. The molecular weight excluding hydrogens is 320 g/mol. The van der Waals surface area contributed by atoms with Gasteiger partial charge >= 0.3 is 0 Å². The van der Waals surface area contributed by atoms with Gasteiger partial charge in [0.25, 0.3) is 5.91 Å². The van der Waals surface area contributed by atoms with Gasteiger partial charge in [0.15, 0.2) is 0 Å². The lowest BCUT2D eigenvalue weighted by Crippen LogP contribution is -2.47. The first kappa shape index (κ1) is 13.4. The molecule has 2 N–H and O–H groups in total. The van der Waals surface area contributed by atoms with E-state index in [1.54, 1.807) is 18.2 Å². The highest BCUT2D eigenvalue weighted by atomic mass is 79.9. The van der Waals surface area contributed by atoms with Crippen LogP contribution in [0.1, 0.15) is 23.2 Å². The molecule has 1 atom stereocenters. The largest absolute Gasteiger partial charge is 0.354 e. The maximum atomic E-state index is 12.0. The number of carbonyl (C=O) groups excluding carboxylic acids is 2. The van der Waals surface area contributed by atoms with Crippen molar-refractivity contribution in [2.75, 3.05) is 6.54 Å². The van der Waals surface area contributed by atoms with Gasteiger partial charge in [-0.05, 0) is 24.6 Å². The second kappa shape index (κ2) is 5.71. The van der Waals surface area contributed by atoms with Gasteiger partial charge in [-0.1, -0.05) is 27.5 Å². The van der Waals surface area contributed by atoms with E-state index in [2.05, 4.69) is 26.6 Å². The molecule has 18 heavy (non-hydrogen) atoms. The molecule has 0 aliphatic carbocycles. The summed E-state index contributed by atoms with van der Waals surface area (Å²) < 4.78 is 0.761. The second-order valence-electron chi connectivity index (χ2n) is 4.17. The number of carbonyl (C=O) groups is 2. The smallest absolute Gasteiger partial charge is 0.251 e. The first-order valence-corrected chi connectivity index (χ1v) is 6.75. The number of hydrogen-bond acceptors (Lipinski definition) is 2. The minimum absolute atomic E-state index is 0.0204. The fraction of sp³-hybridized carbons (Fsp3) is 0.333. The summed E-state index contributed by atoms with van der Waals surface area (Å²) in [5.41, 5.74) is 0.506. The van der Waals surface area contributed by atoms with Crippen molar-refractivity contribution in [1.82, 2.24) is 10.6 Å². The monoisotopic (exact) mass is 330 g/mol. The van der Waals surface area contributed by atoms with Crippen molar-refractivity contribution in [1.29, 1.82) is 0 Å². The Labute approximate surface area is 118 Å². The van der Waals surface area contributed by atoms with Gasteiger partial charge in [-0.25, -0.2) is 0 Å². The molecule has 0 radical (unpaired) electrons. The molecule has 1 unspecified atom stereocenters. The van der Waals surface area contributed by atoms with Crippen molar-refractivity contribution in [3.8, 4) is 0 Å². The highest BCUT2D eigenvalue weighted by Crippen LogP contribution is 2.19. The Morgan fingerprint density at radius 3 is 2.83 bits per heavy atom. The predicted octanol–water partition coefficient (Wildman–Crippen LogP) is 2.11. The first-order chi connectivity index (χ1) is 8.54. The Morgan fingerprint density at radius 2 is 2.22 bits per heavy atom. The van der Waals surface area contributed by atoms with Crippen molar-refractivity contribution in [3.63, 3.8) is 0 Å². The van der Waals surface area contributed by atoms with Gasteiger partial charge in [-0.3, -0.25) is 9.59 Å². The molecule has 0 aromatic heterocycles. The van der Waals surface area contributed by atoms with Crippen LogP contribution in [0, 0.1) is 0 Å². The summed E-state index contributed by atoms with van der Waals surface area (Å²) in [5, 5.41) is 6.11. The van der Waals surface area contributed by atoms with Gasteiger partial charge in [-0.15, -0.1) is 0 Å². The fourth-order valence-electron chi connectivity index (χ4n) is 1.81. The highest BCUT2D eigenvalue weighted by Gasteiger charge is 2.20. The van der Waals surface area contributed by atoms with Crippen LogP contribution in [0.3, 0.4) is 0 Å². The van der Waals surface area contributed by atoms with Crippen LogP contribution in [0.5, 0.6) is 0 Å². The summed E-state index contributed by atoms with van der Waals surface area (Å²) >= 11 is 9.18. The highest BCUT2D eigenvalue weighted by molar-refractivity contribution is 9.10. The molecule has 0 spiro atoms. The summed E-state index contributed by atoms with van der Waals surface area (Å²) in [6.45, 7) is 0.478. The molecule has 0 saturated carbocycles. The molecule has 1 saturated heterocycles. The zero-order valence-corrected chi connectivity index (χ0v) is 11.8. The third-order valence-corrected chi connectivity index (χ3v) is 3.40. The molecule has 4 nitrogen and oxygen atoms in total. The molecule has 2 rings (SSSR count). The zero-order valence-electron chi connectivity index (χ0n) is 9.50. The SMILES string of the molecule is O=C1CCC(NC(=O)c2cc(Cl)cc(Br)c2)CN1. The molecular formula is C12H12BrClN2O2. The third kappa shape index (κ3) is 3.46. The van der Waals surface area contributed by atoms with Crippen LogP contribution in [0.25, 0.3) is 0 Å². The quantitative estimate of drug-likeness (QED) is 0.872. The van der Waals surface area contributed by atoms with E-state index in [0.717, 1.165) is 4.47 Å². The maximum Gasteiger partial charge on any atom is 0.251 e. The number of hydrogen-bond donors (Lipinski definition) is 2. The van der Waals surface area contributed by atoms with Crippen LogP contribution in [0.4, 0.5) is 0 Å². The summed E-state index contributed by atoms with van der Waals surface area (Å²) in [6.07, 6.45) is 1.11. The van der Waals surface area contributed by atoms with Crippen LogP contribution in [0.2, 0.25) is 5.02 Å². The van der Waals surface area contributed by atoms with Gasteiger partial charge < -0.3 is 10.6 Å². The molecule has 1 heterocycles. The van der Waals surface area contributed by atoms with Crippen molar-refractivity contribution in [3.05, 3.63) is 33.3 Å². The number of nitrogens with one attached hydrogen (secondary N) is 2. The average Bonchev–Trinajstić information content (AvgIpc) is 2.31. The van der Waals surface area contributed by atoms with Crippen molar-refractivity contribution in [2.24, 2.45) is 0 Å². The molecule has 1 aromatic carbocycles. The van der Waals surface area contributed by atoms with E-state index in [0.29, 0.717) is 30.0 Å². The van der Waals surface area contributed by atoms with Crippen LogP contribution in [-0.2, 0) is 4.79 Å². The molecule has 6 heteroatoms. The van der Waals surface area contributed by atoms with Gasteiger partial charge in [0.05, 0.1) is 0 Å². The van der Waals surface area contributed by atoms with E-state index in [1.165, 1.54) is 0 Å². The Hall–Kier alpha value is -1.07. The predicted molar refractivity (Wildman–Crippen MR) is 72.6 cm³/mol. The van der Waals surface area contributed by atoms with Gasteiger partial charge in [0, 0.05) is 34.1 Å². The maximum absolute atomic E-state index is 12.0. The van der Waals surface area contributed by atoms with Crippen molar-refractivity contribution >= 4 is 39.3 Å². The zero-order chi connectivity index (χ0) is 13.1. The summed E-state index contributed by atoms with van der Waals surface area (Å²) in [5.74, 6) is -0.148. The number of piperidine rings is 1. The van der Waals surface area contributed by atoms with E-state index in [9.17, 15) is 9.59 Å². The molecule has 1 aromatic rings. The van der Waals surface area contributed by atoms with Gasteiger partial charge in [0.2, 0.25) is 5.91 Å². The van der Waals surface area contributed by atoms with Crippen LogP contribution in [-0.4, -0.2) is 24.4 Å². The molecule has 1 fully saturated rings. The summed E-state index contributed by atoms with van der Waals surface area (Å²) in [6, 6.07) is 5.03. The standard InChI is InChI=1S/C12H12BrClN2O2/c13-8-3-7(4-9(14)5-8)12(18)16-10-1-2-11(17)15-6-10/h3-5,10H,1-2,6H2,(H,15,17)(H,16,18). The van der Waals surface area contributed by atoms with Crippen LogP contribution < -0.4 is 10.6 Å². The number of rotatable bonds is 2. The molecule has 1 aliphatic rings. The van der Waals surface area contributed by atoms with E-state index in [4.69, 9.17) is 11.6 Å². The Morgan fingerprint density at radius 1 is 1.44 bits per heavy atom. The topological polar surface area (TPSA) is 58.2 Å². The Bertz CT molecular complexity index is 463. The minimum Gasteiger partial charge on any atom is -0.354 e. The Kier molecular flexibility index (Phi) is 4.24. The molecule has 2 amide bonds. The van der Waals surface area contributed by atoms with Crippen LogP contribution in [0.15, 0.2) is 22.7 Å². The number of benzene rings is 1. The van der Waals surface area contributed by atoms with E-state index in [1.807, 2.05) is 0 Å². The Balaban J connectivity index is 2.01. The summed E-state index contributed by atoms with van der Waals surface area (Å²) in [4.78, 5) is 23.0. The molecule has 96 valence electrons. The van der Waals surface area contributed by atoms with Gasteiger partial charge in [0.1, 0.15) is 0 Å². The lowest BCUT2D eigenvalue weighted by Gasteiger charge is -2.23. The normalized spacial score (nSPS) is 19.2. The lowest BCUT2D eigenvalue weighted by molar-refractivity contribution is -0.122. The van der Waals surface area contributed by atoms with Crippen molar-refractivity contribution < 1.29 is 9.59 Å². The first-order valence-electron chi connectivity index (χ1n) is 5.58. The molecule has 1 aliphatic heterocycles. The van der Waals surface area contributed by atoms with Gasteiger partial charge in [-0.2, -0.15) is 0 Å². The summed E-state index contributed by atoms with van der Waals surface area (Å²) in [7, 11) is 0. The fourth-order valence-corrected chi connectivity index (χ4v) is 2.67. The second-order valence-corrected chi connectivity index (χ2v) is 5.52. The van der Waals surface area contributed by atoms with E-state index in [-0.39, 0.29) is 17.9 Å². The third-order valence-electron chi connectivity index (χ3n) is 2.73. The van der Waals surface area contributed by atoms with Crippen molar-refractivity contribution in [2.45, 2.75) is 18.9 Å². The lowest BCUT2D eigenvalue weighted by atomic mass is 10.1. The van der Waals surface area contributed by atoms with E-state index >= 15 is 0 Å². The average molecular weight is 332 g/mol. The molecule has 0 bridgehead atoms. The van der Waals surface area contributed by atoms with Crippen LogP contribution >= 0.6 is 27.5 Å². The van der Waals surface area contributed by atoms with E-state index < -0.39 is 0 Å². The number of amides is 2. The number of halogens is 2.